The van der Waals surface area contributed by atoms with E-state index in [0.29, 0.717) is 19.7 Å². The number of benzene rings is 2. The molecule has 1 aliphatic rings. The van der Waals surface area contributed by atoms with Gasteiger partial charge in [-0.3, -0.25) is 9.69 Å². The van der Waals surface area contributed by atoms with Crippen LogP contribution in [0, 0.1) is 13.8 Å². The molecule has 5 nitrogen and oxygen atoms in total. The Hall–Kier alpha value is -2.24. The normalized spacial score (nSPS) is 14.8. The van der Waals surface area contributed by atoms with E-state index in [2.05, 4.69) is 28.1 Å². The highest BCUT2D eigenvalue weighted by Crippen LogP contribution is 2.25. The van der Waals surface area contributed by atoms with Crippen LogP contribution in [0.3, 0.4) is 0 Å². The van der Waals surface area contributed by atoms with Gasteiger partial charge >= 0.3 is 0 Å². The molecule has 0 bridgehead atoms. The maximum Gasteiger partial charge on any atom is 0.234 e. The number of hydrogen-bond donors (Lipinski definition) is 1. The largest absolute Gasteiger partial charge is 0.492 e. The van der Waals surface area contributed by atoms with Crippen LogP contribution in [0.4, 0.5) is 5.69 Å². The number of ether oxygens (including phenoxy) is 1. The molecule has 150 valence electrons. The van der Waals surface area contributed by atoms with Crippen molar-refractivity contribution >= 4 is 23.2 Å². The highest BCUT2D eigenvalue weighted by Gasteiger charge is 2.20. The first-order valence-electron chi connectivity index (χ1n) is 9.71. The predicted molar refractivity (Wildman–Crippen MR) is 115 cm³/mol. The molecule has 1 saturated heterocycles. The zero-order valence-electron chi connectivity index (χ0n) is 16.6. The summed E-state index contributed by atoms with van der Waals surface area (Å²) >= 11 is 6.14. The summed E-state index contributed by atoms with van der Waals surface area (Å²) in [4.78, 5) is 16.7. The van der Waals surface area contributed by atoms with Crippen LogP contribution in [-0.2, 0) is 4.79 Å². The average molecular weight is 402 g/mol. The third-order valence-electron chi connectivity index (χ3n) is 4.93. The molecular formula is C22H28ClN3O2. The SMILES string of the molecule is Cc1cccc(OCCNC(=O)CN2CCN(c3cc(Cl)ccc3C)CC2)c1. The lowest BCUT2D eigenvalue weighted by atomic mass is 10.1. The van der Waals surface area contributed by atoms with E-state index < -0.39 is 0 Å². The summed E-state index contributed by atoms with van der Waals surface area (Å²) in [5.74, 6) is 0.877. The monoisotopic (exact) mass is 401 g/mol. The number of hydrogen-bond acceptors (Lipinski definition) is 4. The minimum absolute atomic E-state index is 0.0419. The lowest BCUT2D eigenvalue weighted by Gasteiger charge is -2.36. The van der Waals surface area contributed by atoms with E-state index in [1.165, 1.54) is 11.3 Å². The molecule has 1 N–H and O–H groups in total. The van der Waals surface area contributed by atoms with Crippen molar-refractivity contribution in [1.29, 1.82) is 0 Å². The smallest absolute Gasteiger partial charge is 0.234 e. The first-order chi connectivity index (χ1) is 13.5. The Morgan fingerprint density at radius 3 is 2.64 bits per heavy atom. The van der Waals surface area contributed by atoms with Gasteiger partial charge in [0, 0.05) is 36.9 Å². The summed E-state index contributed by atoms with van der Waals surface area (Å²) < 4.78 is 5.67. The van der Waals surface area contributed by atoms with Crippen molar-refractivity contribution in [2.45, 2.75) is 13.8 Å². The van der Waals surface area contributed by atoms with Crippen LogP contribution in [-0.4, -0.2) is 56.7 Å². The van der Waals surface area contributed by atoms with E-state index in [9.17, 15) is 4.79 Å². The zero-order chi connectivity index (χ0) is 19.9. The summed E-state index contributed by atoms with van der Waals surface area (Å²) in [5.41, 5.74) is 3.57. The fourth-order valence-corrected chi connectivity index (χ4v) is 3.56. The van der Waals surface area contributed by atoms with Gasteiger partial charge in [0.25, 0.3) is 0 Å². The highest BCUT2D eigenvalue weighted by atomic mass is 35.5. The summed E-state index contributed by atoms with van der Waals surface area (Å²) in [5, 5.41) is 3.70. The number of rotatable bonds is 7. The van der Waals surface area contributed by atoms with Crippen molar-refractivity contribution in [2.75, 3.05) is 50.8 Å². The lowest BCUT2D eigenvalue weighted by molar-refractivity contribution is -0.122. The number of aryl methyl sites for hydroxylation is 2. The first-order valence-corrected chi connectivity index (χ1v) is 10.1. The van der Waals surface area contributed by atoms with E-state index >= 15 is 0 Å². The lowest BCUT2D eigenvalue weighted by Crippen LogP contribution is -2.50. The molecule has 1 fully saturated rings. The van der Waals surface area contributed by atoms with E-state index in [-0.39, 0.29) is 5.91 Å². The summed E-state index contributed by atoms with van der Waals surface area (Å²) in [7, 11) is 0. The van der Waals surface area contributed by atoms with Crippen LogP contribution >= 0.6 is 11.6 Å². The Balaban J connectivity index is 1.36. The minimum Gasteiger partial charge on any atom is -0.492 e. The second-order valence-electron chi connectivity index (χ2n) is 7.21. The summed E-state index contributed by atoms with van der Waals surface area (Å²) in [6.45, 7) is 9.04. The van der Waals surface area contributed by atoms with Crippen LogP contribution in [0.15, 0.2) is 42.5 Å². The van der Waals surface area contributed by atoms with Crippen LogP contribution in [0.1, 0.15) is 11.1 Å². The number of amides is 1. The van der Waals surface area contributed by atoms with Gasteiger partial charge in [0.2, 0.25) is 5.91 Å². The van der Waals surface area contributed by atoms with Gasteiger partial charge in [0.15, 0.2) is 0 Å². The number of carbonyl (C=O) groups is 1. The Bertz CT molecular complexity index is 804. The molecule has 1 amide bonds. The number of carbonyl (C=O) groups excluding carboxylic acids is 1. The molecule has 0 unspecified atom stereocenters. The average Bonchev–Trinajstić information content (AvgIpc) is 2.68. The maximum atomic E-state index is 12.2. The van der Waals surface area contributed by atoms with Crippen LogP contribution in [0.2, 0.25) is 5.02 Å². The van der Waals surface area contributed by atoms with Gasteiger partial charge in [0.05, 0.1) is 13.1 Å². The molecule has 3 rings (SSSR count). The number of nitrogens with one attached hydrogen (secondary N) is 1. The van der Waals surface area contributed by atoms with Crippen molar-refractivity contribution in [1.82, 2.24) is 10.2 Å². The maximum absolute atomic E-state index is 12.2. The van der Waals surface area contributed by atoms with Gasteiger partial charge in [-0.1, -0.05) is 29.8 Å². The third kappa shape index (κ3) is 5.88. The molecule has 2 aromatic carbocycles. The molecule has 1 heterocycles. The van der Waals surface area contributed by atoms with E-state index in [4.69, 9.17) is 16.3 Å². The number of anilines is 1. The second kappa shape index (κ2) is 9.80. The molecule has 0 spiro atoms. The fourth-order valence-electron chi connectivity index (χ4n) is 3.39. The molecular weight excluding hydrogens is 374 g/mol. The predicted octanol–water partition coefficient (Wildman–Crippen LogP) is 3.27. The molecule has 0 radical (unpaired) electrons. The van der Waals surface area contributed by atoms with Gasteiger partial charge in [-0.2, -0.15) is 0 Å². The number of halogens is 1. The Morgan fingerprint density at radius 1 is 1.11 bits per heavy atom. The van der Waals surface area contributed by atoms with Gasteiger partial charge < -0.3 is 15.0 Å². The van der Waals surface area contributed by atoms with Crippen LogP contribution in [0.5, 0.6) is 5.75 Å². The topological polar surface area (TPSA) is 44.8 Å². The van der Waals surface area contributed by atoms with Crippen molar-refractivity contribution in [3.8, 4) is 5.75 Å². The first kappa shape index (κ1) is 20.5. The van der Waals surface area contributed by atoms with Gasteiger partial charge in [0.1, 0.15) is 12.4 Å². The van der Waals surface area contributed by atoms with Crippen molar-refractivity contribution < 1.29 is 9.53 Å². The molecule has 6 heteroatoms. The van der Waals surface area contributed by atoms with Gasteiger partial charge in [-0.05, 0) is 49.2 Å². The number of piperazine rings is 1. The van der Waals surface area contributed by atoms with Gasteiger partial charge in [-0.15, -0.1) is 0 Å². The Morgan fingerprint density at radius 2 is 1.89 bits per heavy atom. The van der Waals surface area contributed by atoms with Crippen molar-refractivity contribution in [3.05, 3.63) is 58.6 Å². The molecule has 0 saturated carbocycles. The Kier molecular flexibility index (Phi) is 7.18. The van der Waals surface area contributed by atoms with Gasteiger partial charge in [-0.25, -0.2) is 0 Å². The minimum atomic E-state index is 0.0419. The zero-order valence-corrected chi connectivity index (χ0v) is 17.3. The molecule has 0 atom stereocenters. The summed E-state index contributed by atoms with van der Waals surface area (Å²) in [6.07, 6.45) is 0. The quantitative estimate of drug-likeness (QED) is 0.723. The van der Waals surface area contributed by atoms with Crippen LogP contribution in [0.25, 0.3) is 0 Å². The summed E-state index contributed by atoms with van der Waals surface area (Å²) in [6, 6.07) is 13.9. The highest BCUT2D eigenvalue weighted by molar-refractivity contribution is 6.30. The molecule has 0 aromatic heterocycles. The van der Waals surface area contributed by atoms with Crippen molar-refractivity contribution in [2.24, 2.45) is 0 Å². The van der Waals surface area contributed by atoms with E-state index in [1.807, 2.05) is 43.3 Å². The number of nitrogens with zero attached hydrogens (tertiary/aromatic N) is 2. The molecule has 0 aliphatic carbocycles. The fraction of sp³-hybridized carbons (Fsp3) is 0.409. The van der Waals surface area contributed by atoms with Crippen LogP contribution < -0.4 is 15.0 Å². The molecule has 28 heavy (non-hydrogen) atoms. The second-order valence-corrected chi connectivity index (χ2v) is 7.65. The van der Waals surface area contributed by atoms with E-state index in [0.717, 1.165) is 42.5 Å². The molecule has 2 aromatic rings. The third-order valence-corrected chi connectivity index (χ3v) is 5.17. The van der Waals surface area contributed by atoms with Crippen molar-refractivity contribution in [3.63, 3.8) is 0 Å². The Labute approximate surface area is 172 Å². The van der Waals surface area contributed by atoms with E-state index in [1.54, 1.807) is 0 Å². The standard InChI is InChI=1S/C22H28ClN3O2/c1-17-4-3-5-20(14-17)28-13-8-24-22(27)16-25-9-11-26(12-10-25)21-15-19(23)7-6-18(21)2/h3-7,14-15H,8-13,16H2,1-2H3,(H,24,27). The molecule has 1 aliphatic heterocycles.